The van der Waals surface area contributed by atoms with Crippen LogP contribution in [0.15, 0.2) is 54.6 Å². The van der Waals surface area contributed by atoms with Gasteiger partial charge in [-0.05, 0) is 24.8 Å². The fraction of sp³-hybridized carbons (Fsp3) is 0.594. The molecule has 1 aromatic carbocycles. The number of amides is 3. The highest BCUT2D eigenvalue weighted by atomic mass is 16.5. The fourth-order valence-electron chi connectivity index (χ4n) is 7.30. The van der Waals surface area contributed by atoms with Crippen LogP contribution in [-0.2, 0) is 25.7 Å². The Morgan fingerprint density at radius 1 is 0.925 bits per heavy atom. The van der Waals surface area contributed by atoms with Gasteiger partial charge in [0.05, 0.1) is 30.1 Å². The minimum atomic E-state index is -1.29. The molecule has 216 valence electrons. The molecule has 8 nitrogen and oxygen atoms in total. The van der Waals surface area contributed by atoms with Gasteiger partial charge in [0.2, 0.25) is 17.7 Å². The molecule has 40 heavy (non-hydrogen) atoms. The van der Waals surface area contributed by atoms with Crippen molar-refractivity contribution in [3.05, 3.63) is 60.2 Å². The second kappa shape index (κ2) is 11.5. The first kappa shape index (κ1) is 28.6. The van der Waals surface area contributed by atoms with E-state index >= 15 is 0 Å². The van der Waals surface area contributed by atoms with Crippen molar-refractivity contribution in [3.8, 4) is 0 Å². The van der Waals surface area contributed by atoms with Crippen molar-refractivity contribution < 1.29 is 24.2 Å². The van der Waals surface area contributed by atoms with Crippen LogP contribution in [0, 0.1) is 11.8 Å². The molecule has 4 heterocycles. The molecule has 1 spiro atoms. The molecular formula is C32H43N3O5. The Kier molecular flexibility index (Phi) is 8.20. The minimum Gasteiger partial charge on any atom is -0.394 e. The molecule has 1 N–H and O–H groups in total. The summed E-state index contributed by atoms with van der Waals surface area (Å²) < 4.78 is 7.02. The van der Waals surface area contributed by atoms with Crippen molar-refractivity contribution >= 4 is 17.7 Å². The summed E-state index contributed by atoms with van der Waals surface area (Å²) in [6, 6.07) is 8.37. The smallest absolute Gasteiger partial charge is 0.249 e. The summed E-state index contributed by atoms with van der Waals surface area (Å²) >= 11 is 0. The minimum absolute atomic E-state index is 0.131. The largest absolute Gasteiger partial charge is 0.394 e. The predicted octanol–water partition coefficient (Wildman–Crippen LogP) is 3.31. The Morgan fingerprint density at radius 2 is 1.65 bits per heavy atom. The molecule has 0 aromatic heterocycles. The third-order valence-electron chi connectivity index (χ3n) is 9.37. The Balaban J connectivity index is 1.60. The summed E-state index contributed by atoms with van der Waals surface area (Å²) in [5, 5.41) is 10.3. The van der Waals surface area contributed by atoms with Crippen molar-refractivity contribution in [3.63, 3.8) is 0 Å². The summed E-state index contributed by atoms with van der Waals surface area (Å²) in [7, 11) is 0. The lowest BCUT2D eigenvalue weighted by Gasteiger charge is -2.40. The van der Waals surface area contributed by atoms with Crippen LogP contribution in [0.5, 0.6) is 0 Å². The van der Waals surface area contributed by atoms with E-state index in [-0.39, 0.29) is 24.3 Å². The second-order valence-electron chi connectivity index (χ2n) is 11.6. The highest BCUT2D eigenvalue weighted by molar-refractivity contribution is 6.00. The SMILES string of the molecule is CCCCCN1CC=C[C@]23O[C@@]4(CC)C=CCN(Cc5ccccc5)C(=O)[C@H]4[C@H]2C(=O)N([C@@H](CC)CO)C3C1=O. The number of rotatable bonds is 10. The van der Waals surface area contributed by atoms with E-state index in [1.54, 1.807) is 9.80 Å². The summed E-state index contributed by atoms with van der Waals surface area (Å²) in [5.74, 6) is -2.21. The number of hydrogen-bond acceptors (Lipinski definition) is 5. The zero-order valence-electron chi connectivity index (χ0n) is 24.0. The van der Waals surface area contributed by atoms with Gasteiger partial charge in [0.25, 0.3) is 0 Å². The van der Waals surface area contributed by atoms with Gasteiger partial charge in [-0.3, -0.25) is 14.4 Å². The number of carbonyl (C=O) groups is 3. The molecule has 0 saturated carbocycles. The Labute approximate surface area is 237 Å². The molecule has 0 aliphatic carbocycles. The first-order chi connectivity index (χ1) is 19.4. The third kappa shape index (κ3) is 4.49. The van der Waals surface area contributed by atoms with E-state index < -0.39 is 35.1 Å². The number of aliphatic hydroxyl groups is 1. The molecule has 6 atom stereocenters. The van der Waals surface area contributed by atoms with Crippen molar-refractivity contribution in [1.29, 1.82) is 0 Å². The van der Waals surface area contributed by atoms with Gasteiger partial charge in [0, 0.05) is 26.2 Å². The van der Waals surface area contributed by atoms with Gasteiger partial charge in [0.1, 0.15) is 11.6 Å². The summed E-state index contributed by atoms with van der Waals surface area (Å²) in [4.78, 5) is 48.4. The third-order valence-corrected chi connectivity index (χ3v) is 9.37. The molecular weight excluding hydrogens is 506 g/mol. The Hall–Kier alpha value is -2.97. The number of hydrogen-bond donors (Lipinski definition) is 1. The molecule has 8 heteroatoms. The molecule has 2 saturated heterocycles. The molecule has 5 rings (SSSR count). The van der Waals surface area contributed by atoms with Gasteiger partial charge in [-0.2, -0.15) is 0 Å². The lowest BCUT2D eigenvalue weighted by atomic mass is 9.73. The van der Waals surface area contributed by atoms with Crippen molar-refractivity contribution in [1.82, 2.24) is 14.7 Å². The summed E-state index contributed by atoms with van der Waals surface area (Å²) in [6.07, 6.45) is 11.7. The number of nitrogens with zero attached hydrogens (tertiary/aromatic N) is 3. The number of benzene rings is 1. The molecule has 4 aliphatic heterocycles. The van der Waals surface area contributed by atoms with E-state index in [0.717, 1.165) is 24.8 Å². The topological polar surface area (TPSA) is 90.4 Å². The highest BCUT2D eigenvalue weighted by Gasteiger charge is 2.75. The normalized spacial score (nSPS) is 32.1. The summed E-state index contributed by atoms with van der Waals surface area (Å²) in [5.41, 5.74) is -1.28. The first-order valence-electron chi connectivity index (χ1n) is 15.0. The van der Waals surface area contributed by atoms with Gasteiger partial charge >= 0.3 is 0 Å². The van der Waals surface area contributed by atoms with E-state index in [4.69, 9.17) is 4.74 Å². The van der Waals surface area contributed by atoms with E-state index in [2.05, 4.69) is 6.92 Å². The predicted molar refractivity (Wildman–Crippen MR) is 152 cm³/mol. The Bertz CT molecular complexity index is 1160. The average Bonchev–Trinajstić information content (AvgIpc) is 3.27. The molecule has 1 unspecified atom stereocenters. The van der Waals surface area contributed by atoms with Crippen LogP contribution in [0.3, 0.4) is 0 Å². The van der Waals surface area contributed by atoms with Gasteiger partial charge in [-0.1, -0.05) is 88.2 Å². The zero-order chi connectivity index (χ0) is 28.5. The van der Waals surface area contributed by atoms with Crippen molar-refractivity contribution in [2.45, 2.75) is 82.7 Å². The monoisotopic (exact) mass is 549 g/mol. The molecule has 1 aromatic rings. The number of unbranched alkanes of at least 4 members (excludes halogenated alkanes) is 2. The standard InChI is InChI=1S/C32H43N3O5/c1-4-7-11-18-33-19-13-17-32-26(29(38)35(24(5-2)22-36)27(32)30(33)39)25-28(37)34(21-23-14-9-8-10-15-23)20-12-16-31(25,6-3)40-32/h8-10,12-17,24-27,36H,4-7,11,18-22H2,1-3H3/t24-,25+,26-,27?,31-,32-/m0/s1. The molecule has 4 aliphatic rings. The van der Waals surface area contributed by atoms with Crippen LogP contribution in [0.1, 0.15) is 58.4 Å². The van der Waals surface area contributed by atoms with Crippen LogP contribution >= 0.6 is 0 Å². The van der Waals surface area contributed by atoms with Crippen molar-refractivity contribution in [2.75, 3.05) is 26.2 Å². The lowest BCUT2D eigenvalue weighted by Crippen LogP contribution is -2.58. The highest BCUT2D eigenvalue weighted by Crippen LogP contribution is 2.59. The number of ether oxygens (including phenoxy) is 1. The van der Waals surface area contributed by atoms with E-state index in [1.165, 1.54) is 0 Å². The van der Waals surface area contributed by atoms with E-state index in [0.29, 0.717) is 39.0 Å². The van der Waals surface area contributed by atoms with Crippen LogP contribution in [-0.4, -0.2) is 87.1 Å². The maximum atomic E-state index is 14.5. The molecule has 2 fully saturated rings. The van der Waals surface area contributed by atoms with Gasteiger partial charge in [-0.15, -0.1) is 0 Å². The van der Waals surface area contributed by atoms with Crippen LogP contribution in [0.4, 0.5) is 0 Å². The van der Waals surface area contributed by atoms with Crippen LogP contribution in [0.25, 0.3) is 0 Å². The molecule has 0 bridgehead atoms. The average molecular weight is 550 g/mol. The van der Waals surface area contributed by atoms with Gasteiger partial charge < -0.3 is 24.5 Å². The van der Waals surface area contributed by atoms with E-state index in [9.17, 15) is 19.5 Å². The second-order valence-corrected chi connectivity index (χ2v) is 11.6. The van der Waals surface area contributed by atoms with Gasteiger partial charge in [0.15, 0.2) is 0 Å². The quantitative estimate of drug-likeness (QED) is 0.357. The van der Waals surface area contributed by atoms with Gasteiger partial charge in [-0.25, -0.2) is 0 Å². The maximum Gasteiger partial charge on any atom is 0.249 e. The van der Waals surface area contributed by atoms with E-state index in [1.807, 2.05) is 73.4 Å². The molecule has 0 radical (unpaired) electrons. The maximum absolute atomic E-state index is 14.5. The summed E-state index contributed by atoms with van der Waals surface area (Å²) in [6.45, 7) is 7.63. The number of fused-ring (bicyclic) bond motifs is 2. The number of likely N-dealkylation sites (tertiary alicyclic amines) is 1. The van der Waals surface area contributed by atoms with Crippen LogP contribution < -0.4 is 0 Å². The lowest BCUT2D eigenvalue weighted by molar-refractivity contribution is -0.157. The van der Waals surface area contributed by atoms with Crippen molar-refractivity contribution in [2.24, 2.45) is 11.8 Å². The molecule has 3 amide bonds. The van der Waals surface area contributed by atoms with Crippen LogP contribution in [0.2, 0.25) is 0 Å². The fourth-order valence-corrected chi connectivity index (χ4v) is 7.30. The number of carbonyl (C=O) groups excluding carboxylic acids is 3. The number of aliphatic hydroxyl groups excluding tert-OH is 1. The first-order valence-corrected chi connectivity index (χ1v) is 15.0. The zero-order valence-corrected chi connectivity index (χ0v) is 24.0. The Morgan fingerprint density at radius 3 is 2.33 bits per heavy atom.